The fraction of sp³-hybridized carbons (Fsp3) is 0.118. The Labute approximate surface area is 127 Å². The largest absolute Gasteiger partial charge is 0.301 e. The predicted molar refractivity (Wildman–Crippen MR) is 82.8 cm³/mol. The van der Waals surface area contributed by atoms with E-state index < -0.39 is 6.04 Å². The number of hydrogen-bond donors (Lipinski definition) is 1. The molecule has 0 saturated carbocycles. The van der Waals surface area contributed by atoms with E-state index in [-0.39, 0.29) is 0 Å². The predicted octanol–water partition coefficient (Wildman–Crippen LogP) is 2.44. The summed E-state index contributed by atoms with van der Waals surface area (Å²) in [5.41, 5.74) is 7.15. The molecule has 3 rings (SSSR count). The zero-order valence-electron chi connectivity index (χ0n) is 11.7. The molecule has 0 saturated heterocycles. The second-order valence-corrected chi connectivity index (χ2v) is 4.94. The molecule has 0 aromatic heterocycles. The topological polar surface area (TPSA) is 70.9 Å². The van der Waals surface area contributed by atoms with Crippen molar-refractivity contribution in [2.24, 2.45) is 10.1 Å². The molecule has 0 aliphatic carbocycles. The van der Waals surface area contributed by atoms with Crippen LogP contribution >= 0.6 is 0 Å². The maximum absolute atomic E-state index is 11.1. The number of nitrogens with one attached hydrogen (secondary N) is 1. The molecular weight excluding hydrogens is 278 g/mol. The molecule has 0 bridgehead atoms. The number of carbonyl (C=O) groups excluding carboxylic acids is 2. The number of rotatable bonds is 4. The summed E-state index contributed by atoms with van der Waals surface area (Å²) in [7, 11) is 0. The van der Waals surface area contributed by atoms with Gasteiger partial charge in [-0.2, -0.15) is 10.1 Å². The monoisotopic (exact) mass is 291 g/mol. The third-order valence-corrected chi connectivity index (χ3v) is 3.54. The average molecular weight is 291 g/mol. The number of fused-ring (bicyclic) bond motifs is 1. The van der Waals surface area contributed by atoms with Crippen LogP contribution in [-0.2, 0) is 16.0 Å². The summed E-state index contributed by atoms with van der Waals surface area (Å²) in [5, 5.41) is 4.32. The van der Waals surface area contributed by atoms with Gasteiger partial charge >= 0.3 is 0 Å². The first-order chi connectivity index (χ1) is 10.8. The van der Waals surface area contributed by atoms with E-state index in [4.69, 9.17) is 0 Å². The van der Waals surface area contributed by atoms with Gasteiger partial charge in [-0.05, 0) is 23.3 Å². The summed E-state index contributed by atoms with van der Waals surface area (Å²) < 4.78 is 0. The van der Waals surface area contributed by atoms with E-state index in [1.54, 1.807) is 6.07 Å². The van der Waals surface area contributed by atoms with Gasteiger partial charge in [-0.25, -0.2) is 4.79 Å². The van der Waals surface area contributed by atoms with Crippen LogP contribution in [0.5, 0.6) is 0 Å². The first kappa shape index (κ1) is 13.9. The highest BCUT2D eigenvalue weighted by Gasteiger charge is 2.21. The quantitative estimate of drug-likeness (QED) is 0.534. The Morgan fingerprint density at radius 2 is 2.09 bits per heavy atom. The van der Waals surface area contributed by atoms with Gasteiger partial charge in [0, 0.05) is 12.0 Å². The van der Waals surface area contributed by atoms with E-state index in [1.807, 2.05) is 42.5 Å². The molecule has 22 heavy (non-hydrogen) atoms. The molecule has 1 aliphatic rings. The Bertz CT molecular complexity index is 792. The van der Waals surface area contributed by atoms with E-state index in [2.05, 4.69) is 15.5 Å². The van der Waals surface area contributed by atoms with Crippen molar-refractivity contribution in [2.45, 2.75) is 12.5 Å². The van der Waals surface area contributed by atoms with E-state index >= 15 is 0 Å². The lowest BCUT2D eigenvalue weighted by Crippen LogP contribution is -2.28. The van der Waals surface area contributed by atoms with Gasteiger partial charge in [-0.15, -0.1) is 0 Å². The normalized spacial score (nSPS) is 15.8. The molecule has 0 spiro atoms. The number of carbonyl (C=O) groups is 1. The minimum Gasteiger partial charge on any atom is -0.301 e. The molecule has 1 aliphatic heterocycles. The number of hydrazone groups is 1. The lowest BCUT2D eigenvalue weighted by atomic mass is 9.93. The molecule has 5 nitrogen and oxygen atoms in total. The van der Waals surface area contributed by atoms with Crippen LogP contribution in [0.1, 0.15) is 22.7 Å². The van der Waals surface area contributed by atoms with Crippen LogP contribution < -0.4 is 5.43 Å². The molecule has 0 amide bonds. The summed E-state index contributed by atoms with van der Waals surface area (Å²) in [6.45, 7) is 0. The molecule has 0 fully saturated rings. The Balaban J connectivity index is 1.93. The highest BCUT2D eigenvalue weighted by Crippen LogP contribution is 2.23. The Kier molecular flexibility index (Phi) is 3.90. The first-order valence-electron chi connectivity index (χ1n) is 6.85. The second kappa shape index (κ2) is 6.16. The second-order valence-electron chi connectivity index (χ2n) is 4.94. The maximum Gasteiger partial charge on any atom is 0.240 e. The van der Waals surface area contributed by atoms with Crippen molar-refractivity contribution >= 4 is 23.8 Å². The molecule has 1 unspecified atom stereocenters. The molecular formula is C17H13N3O2. The number of isocyanates is 1. The minimum absolute atomic E-state index is 0.411. The van der Waals surface area contributed by atoms with Crippen molar-refractivity contribution < 1.29 is 9.59 Å². The first-order valence-corrected chi connectivity index (χ1v) is 6.85. The Morgan fingerprint density at radius 3 is 2.91 bits per heavy atom. The van der Waals surface area contributed by atoms with Crippen LogP contribution in [-0.4, -0.2) is 18.1 Å². The number of aldehydes is 1. The molecule has 2 aromatic carbocycles. The lowest BCUT2D eigenvalue weighted by molar-refractivity contribution is -0.109. The number of benzene rings is 2. The van der Waals surface area contributed by atoms with Crippen LogP contribution in [0.15, 0.2) is 58.6 Å². The molecule has 108 valence electrons. The van der Waals surface area contributed by atoms with Gasteiger partial charge in [0.25, 0.3) is 0 Å². The molecule has 1 atom stereocenters. The third kappa shape index (κ3) is 2.71. The van der Waals surface area contributed by atoms with Crippen molar-refractivity contribution in [3.63, 3.8) is 0 Å². The van der Waals surface area contributed by atoms with Gasteiger partial charge < -0.3 is 4.79 Å². The molecule has 1 N–H and O–H groups in total. The van der Waals surface area contributed by atoms with Gasteiger partial charge in [0.15, 0.2) is 0 Å². The highest BCUT2D eigenvalue weighted by molar-refractivity contribution is 6.04. The lowest BCUT2D eigenvalue weighted by Gasteiger charge is -2.22. The van der Waals surface area contributed by atoms with Crippen LogP contribution in [0, 0.1) is 0 Å². The standard InChI is InChI=1S/C17H13N3O2/c21-10-17-15-7-2-1-6-14(15)16(19-20-17)9-12-4-3-5-13(8-12)18-11-22/h1-8,10,17,20H,9H2. The summed E-state index contributed by atoms with van der Waals surface area (Å²) in [4.78, 5) is 25.1. The van der Waals surface area contributed by atoms with Crippen molar-refractivity contribution in [2.75, 3.05) is 0 Å². The van der Waals surface area contributed by atoms with Gasteiger partial charge in [-0.3, -0.25) is 5.43 Å². The van der Waals surface area contributed by atoms with E-state index in [1.165, 1.54) is 6.08 Å². The van der Waals surface area contributed by atoms with Gasteiger partial charge in [-0.1, -0.05) is 36.4 Å². The van der Waals surface area contributed by atoms with Gasteiger partial charge in [0.05, 0.1) is 11.4 Å². The van der Waals surface area contributed by atoms with Crippen molar-refractivity contribution in [3.8, 4) is 0 Å². The number of aliphatic imine (C=N–C) groups is 1. The fourth-order valence-corrected chi connectivity index (χ4v) is 2.53. The minimum atomic E-state index is -0.411. The van der Waals surface area contributed by atoms with Crippen LogP contribution in [0.25, 0.3) is 0 Å². The highest BCUT2D eigenvalue weighted by atomic mass is 16.1. The van der Waals surface area contributed by atoms with Gasteiger partial charge in [0.1, 0.15) is 12.3 Å². The van der Waals surface area contributed by atoms with Crippen molar-refractivity contribution in [1.82, 2.24) is 5.43 Å². The summed E-state index contributed by atoms with van der Waals surface area (Å²) in [5.74, 6) is 0. The van der Waals surface area contributed by atoms with Crippen LogP contribution in [0.3, 0.4) is 0 Å². The number of nitrogens with zero attached hydrogens (tertiary/aromatic N) is 2. The molecule has 0 radical (unpaired) electrons. The van der Waals surface area contributed by atoms with E-state index in [0.717, 1.165) is 28.7 Å². The SMILES string of the molecule is O=C=Nc1cccc(CC2=NNC(C=O)c3ccccc32)c1. The molecule has 2 aromatic rings. The maximum atomic E-state index is 11.1. The molecule has 1 heterocycles. The van der Waals surface area contributed by atoms with Crippen LogP contribution in [0.2, 0.25) is 0 Å². The smallest absolute Gasteiger partial charge is 0.240 e. The zero-order chi connectivity index (χ0) is 15.4. The number of hydrogen-bond acceptors (Lipinski definition) is 5. The van der Waals surface area contributed by atoms with Crippen LogP contribution in [0.4, 0.5) is 5.69 Å². The summed E-state index contributed by atoms with van der Waals surface area (Å²) >= 11 is 0. The Morgan fingerprint density at radius 1 is 1.23 bits per heavy atom. The zero-order valence-corrected chi connectivity index (χ0v) is 11.7. The van der Waals surface area contributed by atoms with Crippen molar-refractivity contribution in [1.29, 1.82) is 0 Å². The van der Waals surface area contributed by atoms with E-state index in [0.29, 0.717) is 12.1 Å². The summed E-state index contributed by atoms with van der Waals surface area (Å²) in [6.07, 6.45) is 2.96. The fourth-order valence-electron chi connectivity index (χ4n) is 2.53. The van der Waals surface area contributed by atoms with Crippen molar-refractivity contribution in [3.05, 3.63) is 65.2 Å². The Hall–Kier alpha value is -3.04. The average Bonchev–Trinajstić information content (AvgIpc) is 2.56. The van der Waals surface area contributed by atoms with E-state index in [9.17, 15) is 9.59 Å². The molecule has 5 heteroatoms. The summed E-state index contributed by atoms with van der Waals surface area (Å²) in [6, 6.07) is 14.6. The van der Waals surface area contributed by atoms with Gasteiger partial charge in [0.2, 0.25) is 6.08 Å². The third-order valence-electron chi connectivity index (χ3n) is 3.54.